The highest BCUT2D eigenvalue weighted by atomic mass is 16.5. The third-order valence-corrected chi connectivity index (χ3v) is 5.69. The largest absolute Gasteiger partial charge is 0.497 e. The number of rotatable bonds is 5. The Bertz CT molecular complexity index is 1090. The average Bonchev–Trinajstić information content (AvgIpc) is 2.84. The lowest BCUT2D eigenvalue weighted by Gasteiger charge is -2.36. The van der Waals surface area contributed by atoms with E-state index >= 15 is 0 Å². The number of hydrogen-bond donors (Lipinski definition) is 1. The zero-order valence-corrected chi connectivity index (χ0v) is 18.4. The zero-order chi connectivity index (χ0) is 22.5. The third-order valence-electron chi connectivity index (χ3n) is 5.69. The highest BCUT2D eigenvalue weighted by Crippen LogP contribution is 2.21. The average molecular weight is 430 g/mol. The number of carbonyl (C=O) groups excluding carboxylic acids is 2. The molecule has 1 N–H and O–H groups in total. The van der Waals surface area contributed by atoms with Gasteiger partial charge < -0.3 is 19.9 Å². The highest BCUT2D eigenvalue weighted by molar-refractivity contribution is 6.04. The van der Waals surface area contributed by atoms with Gasteiger partial charge in [-0.2, -0.15) is 0 Å². The summed E-state index contributed by atoms with van der Waals surface area (Å²) < 4.78 is 5.18. The summed E-state index contributed by atoms with van der Waals surface area (Å²) in [7, 11) is 1.58. The van der Waals surface area contributed by atoms with Gasteiger partial charge in [-0.1, -0.05) is 23.8 Å². The molecule has 1 aliphatic rings. The number of hydrogen-bond acceptors (Lipinski definition) is 4. The number of carbonyl (C=O) groups is 2. The number of ether oxygens (including phenoxy) is 1. The van der Waals surface area contributed by atoms with E-state index in [0.29, 0.717) is 24.4 Å². The second-order valence-electron chi connectivity index (χ2n) is 7.88. The first-order valence-electron chi connectivity index (χ1n) is 10.7. The molecule has 0 bridgehead atoms. The smallest absolute Gasteiger partial charge is 0.255 e. The minimum Gasteiger partial charge on any atom is -0.497 e. The fraction of sp³-hybridized carbons (Fsp3) is 0.231. The second kappa shape index (κ2) is 9.56. The van der Waals surface area contributed by atoms with E-state index in [1.165, 1.54) is 0 Å². The molecular weight excluding hydrogens is 402 g/mol. The maximum absolute atomic E-state index is 12.7. The van der Waals surface area contributed by atoms with Crippen molar-refractivity contribution in [1.29, 1.82) is 0 Å². The van der Waals surface area contributed by atoms with Gasteiger partial charge in [-0.15, -0.1) is 0 Å². The molecule has 6 heteroatoms. The molecule has 3 aromatic rings. The summed E-state index contributed by atoms with van der Waals surface area (Å²) in [4.78, 5) is 29.4. The number of aryl methyl sites for hydroxylation is 1. The topological polar surface area (TPSA) is 61.9 Å². The molecule has 4 rings (SSSR count). The Hall–Kier alpha value is -3.80. The number of anilines is 2. The number of methoxy groups -OCH3 is 1. The fourth-order valence-corrected chi connectivity index (χ4v) is 3.77. The first-order chi connectivity index (χ1) is 15.5. The van der Waals surface area contributed by atoms with Crippen molar-refractivity contribution in [1.82, 2.24) is 4.90 Å². The first kappa shape index (κ1) is 21.4. The van der Waals surface area contributed by atoms with E-state index in [1.54, 1.807) is 31.4 Å². The first-order valence-corrected chi connectivity index (χ1v) is 10.7. The molecule has 3 aromatic carbocycles. The van der Waals surface area contributed by atoms with Crippen molar-refractivity contribution in [2.24, 2.45) is 0 Å². The Morgan fingerprint density at radius 2 is 1.53 bits per heavy atom. The van der Waals surface area contributed by atoms with Gasteiger partial charge in [0.05, 0.1) is 7.11 Å². The Balaban J connectivity index is 1.33. The van der Waals surface area contributed by atoms with Gasteiger partial charge in [-0.05, 0) is 61.5 Å². The Morgan fingerprint density at radius 3 is 2.19 bits per heavy atom. The van der Waals surface area contributed by atoms with Crippen molar-refractivity contribution in [2.45, 2.75) is 6.92 Å². The van der Waals surface area contributed by atoms with Crippen molar-refractivity contribution in [3.63, 3.8) is 0 Å². The predicted molar refractivity (Wildman–Crippen MR) is 127 cm³/mol. The Labute approximate surface area is 188 Å². The summed E-state index contributed by atoms with van der Waals surface area (Å²) in [5.41, 5.74) is 4.24. The molecule has 32 heavy (non-hydrogen) atoms. The molecule has 0 radical (unpaired) electrons. The van der Waals surface area contributed by atoms with E-state index in [2.05, 4.69) is 10.2 Å². The number of amides is 2. The lowest BCUT2D eigenvalue weighted by molar-refractivity contribution is 0.0746. The van der Waals surface area contributed by atoms with Gasteiger partial charge >= 0.3 is 0 Å². The van der Waals surface area contributed by atoms with Crippen LogP contribution in [-0.4, -0.2) is 50.0 Å². The van der Waals surface area contributed by atoms with Crippen LogP contribution in [0.25, 0.3) is 0 Å². The van der Waals surface area contributed by atoms with Crippen molar-refractivity contribution in [3.05, 3.63) is 89.5 Å². The molecule has 164 valence electrons. The monoisotopic (exact) mass is 429 g/mol. The standard InChI is InChI=1S/C26H27N3O3/c1-19-6-8-20(9-7-19)26(31)29-16-14-28(15-17-29)23-12-10-22(11-13-23)27-25(30)21-4-3-5-24(18-21)32-2/h3-13,18H,14-17H2,1-2H3,(H,27,30). The fourth-order valence-electron chi connectivity index (χ4n) is 3.77. The summed E-state index contributed by atoms with van der Waals surface area (Å²) >= 11 is 0. The highest BCUT2D eigenvalue weighted by Gasteiger charge is 2.22. The summed E-state index contributed by atoms with van der Waals surface area (Å²) in [6, 6.07) is 22.6. The van der Waals surface area contributed by atoms with Gasteiger partial charge in [0.2, 0.25) is 0 Å². The zero-order valence-electron chi connectivity index (χ0n) is 18.4. The van der Waals surface area contributed by atoms with Crippen LogP contribution in [0, 0.1) is 6.92 Å². The second-order valence-corrected chi connectivity index (χ2v) is 7.88. The summed E-state index contributed by atoms with van der Waals surface area (Å²) in [6.07, 6.45) is 0. The quantitative estimate of drug-likeness (QED) is 0.660. The summed E-state index contributed by atoms with van der Waals surface area (Å²) in [5, 5.41) is 2.92. The molecule has 0 spiro atoms. The van der Waals surface area contributed by atoms with Crippen LogP contribution in [0.4, 0.5) is 11.4 Å². The van der Waals surface area contributed by atoms with Gasteiger partial charge in [0.1, 0.15) is 5.75 Å². The van der Waals surface area contributed by atoms with Crippen LogP contribution in [0.15, 0.2) is 72.8 Å². The summed E-state index contributed by atoms with van der Waals surface area (Å²) in [6.45, 7) is 4.92. The van der Waals surface area contributed by atoms with E-state index in [1.807, 2.05) is 60.4 Å². The van der Waals surface area contributed by atoms with Gasteiger partial charge in [0.15, 0.2) is 0 Å². The van der Waals surface area contributed by atoms with E-state index in [9.17, 15) is 9.59 Å². The molecule has 0 aromatic heterocycles. The van der Waals surface area contributed by atoms with Crippen LogP contribution in [-0.2, 0) is 0 Å². The van der Waals surface area contributed by atoms with Crippen molar-refractivity contribution >= 4 is 23.2 Å². The number of piperazine rings is 1. The van der Waals surface area contributed by atoms with Gasteiger partial charge in [-0.3, -0.25) is 9.59 Å². The maximum Gasteiger partial charge on any atom is 0.255 e. The number of benzene rings is 3. The van der Waals surface area contributed by atoms with Crippen molar-refractivity contribution in [3.8, 4) is 5.75 Å². The van der Waals surface area contributed by atoms with Crippen LogP contribution in [0.5, 0.6) is 5.75 Å². The molecule has 0 aliphatic carbocycles. The van der Waals surface area contributed by atoms with Crippen LogP contribution >= 0.6 is 0 Å². The molecular formula is C26H27N3O3. The lowest BCUT2D eigenvalue weighted by atomic mass is 10.1. The minimum atomic E-state index is -0.181. The lowest BCUT2D eigenvalue weighted by Crippen LogP contribution is -2.48. The van der Waals surface area contributed by atoms with Crippen molar-refractivity contribution in [2.75, 3.05) is 43.5 Å². The van der Waals surface area contributed by atoms with Gasteiger partial charge in [-0.25, -0.2) is 0 Å². The molecule has 6 nitrogen and oxygen atoms in total. The van der Waals surface area contributed by atoms with Crippen molar-refractivity contribution < 1.29 is 14.3 Å². The van der Waals surface area contributed by atoms with Gasteiger partial charge in [0, 0.05) is 48.7 Å². The Kier molecular flexibility index (Phi) is 6.40. The van der Waals surface area contributed by atoms with E-state index in [0.717, 1.165) is 35.6 Å². The number of nitrogens with one attached hydrogen (secondary N) is 1. The minimum absolute atomic E-state index is 0.0836. The molecule has 0 saturated carbocycles. The maximum atomic E-state index is 12.7. The molecule has 0 atom stereocenters. The summed E-state index contributed by atoms with van der Waals surface area (Å²) in [5.74, 6) is 0.549. The Morgan fingerprint density at radius 1 is 0.844 bits per heavy atom. The molecule has 1 heterocycles. The van der Waals surface area contributed by atoms with E-state index in [4.69, 9.17) is 4.74 Å². The molecule has 1 fully saturated rings. The molecule has 1 aliphatic heterocycles. The number of nitrogens with zero attached hydrogens (tertiary/aromatic N) is 2. The SMILES string of the molecule is COc1cccc(C(=O)Nc2ccc(N3CCN(C(=O)c4ccc(C)cc4)CC3)cc2)c1. The van der Waals surface area contributed by atoms with Gasteiger partial charge in [0.25, 0.3) is 11.8 Å². The van der Waals surface area contributed by atoms with E-state index < -0.39 is 0 Å². The van der Waals surface area contributed by atoms with Crippen LogP contribution < -0.4 is 15.0 Å². The van der Waals surface area contributed by atoms with E-state index in [-0.39, 0.29) is 11.8 Å². The van der Waals surface area contributed by atoms with Crippen LogP contribution in [0.3, 0.4) is 0 Å². The normalized spacial score (nSPS) is 13.6. The molecule has 2 amide bonds. The van der Waals surface area contributed by atoms with Crippen LogP contribution in [0.2, 0.25) is 0 Å². The molecule has 0 unspecified atom stereocenters. The predicted octanol–water partition coefficient (Wildman–Crippen LogP) is 4.22. The third kappa shape index (κ3) is 4.91. The van der Waals surface area contributed by atoms with Crippen LogP contribution in [0.1, 0.15) is 26.3 Å². The molecule has 1 saturated heterocycles.